The Morgan fingerprint density at radius 1 is 1.04 bits per heavy atom. The number of oxime groups is 1. The molecule has 10 heteroatoms. The van der Waals surface area contributed by atoms with Crippen molar-refractivity contribution in [1.29, 1.82) is 0 Å². The maximum absolute atomic E-state index is 11.8. The highest BCUT2D eigenvalue weighted by Gasteiger charge is 2.24. The smallest absolute Gasteiger partial charge is 0.413 e. The first-order valence-corrected chi connectivity index (χ1v) is 8.46. The van der Waals surface area contributed by atoms with Gasteiger partial charge in [0.1, 0.15) is 17.0 Å². The Labute approximate surface area is 164 Å². The van der Waals surface area contributed by atoms with Crippen molar-refractivity contribution in [3.8, 4) is 0 Å². The molecule has 0 heterocycles. The highest BCUT2D eigenvalue weighted by atomic mass is 16.7. The van der Waals surface area contributed by atoms with E-state index in [4.69, 9.17) is 14.3 Å². The number of esters is 1. The summed E-state index contributed by atoms with van der Waals surface area (Å²) in [6, 6.07) is 0. The van der Waals surface area contributed by atoms with Crippen LogP contribution in [0.2, 0.25) is 0 Å². The van der Waals surface area contributed by atoms with Crippen molar-refractivity contribution in [3.63, 3.8) is 0 Å². The molecule has 10 nitrogen and oxygen atoms in total. The second kappa shape index (κ2) is 9.86. The molecular formula is C18H29N3O7. The summed E-state index contributed by atoms with van der Waals surface area (Å²) < 4.78 is 10.2. The van der Waals surface area contributed by atoms with Crippen LogP contribution in [-0.2, 0) is 23.9 Å². The minimum Gasteiger partial charge on any atom is -0.476 e. The maximum Gasteiger partial charge on any atom is 0.413 e. The third-order valence-electron chi connectivity index (χ3n) is 2.50. The molecule has 0 aliphatic rings. The Kier molecular flexibility index (Phi) is 8.84. The molecule has 0 aliphatic heterocycles. The lowest BCUT2D eigenvalue weighted by Gasteiger charge is -2.21. The molecule has 0 aliphatic carbocycles. The molecule has 0 aromatic heterocycles. The number of amides is 1. The second-order valence-corrected chi connectivity index (χ2v) is 7.80. The lowest BCUT2D eigenvalue weighted by Crippen LogP contribution is -2.35. The van der Waals surface area contributed by atoms with Crippen molar-refractivity contribution in [2.75, 3.05) is 0 Å². The van der Waals surface area contributed by atoms with Crippen LogP contribution in [0.4, 0.5) is 4.79 Å². The van der Waals surface area contributed by atoms with Crippen LogP contribution >= 0.6 is 0 Å². The summed E-state index contributed by atoms with van der Waals surface area (Å²) in [5.41, 5.74) is -2.37. The average Bonchev–Trinajstić information content (AvgIpc) is 2.42. The molecule has 0 fully saturated rings. The first-order chi connectivity index (χ1) is 12.5. The van der Waals surface area contributed by atoms with Crippen LogP contribution in [0, 0.1) is 0 Å². The molecule has 0 rings (SSSR count). The zero-order valence-electron chi connectivity index (χ0n) is 17.6. The summed E-state index contributed by atoms with van der Waals surface area (Å²) in [4.78, 5) is 43.7. The number of aliphatic imine (C=N–C) groups is 1. The predicted octanol–water partition coefficient (Wildman–Crippen LogP) is 2.63. The number of hydrogen-bond acceptors (Lipinski definition) is 8. The van der Waals surface area contributed by atoms with E-state index in [1.807, 2.05) is 0 Å². The SMILES string of the molecule is C=C(N=C(C)NC(=O)OC(C)(C)C)/C(=N/OC(C)C(=O)OC(C)(C)C)C(=O)O. The number of carboxylic acids is 1. The largest absolute Gasteiger partial charge is 0.476 e. The number of hydrogen-bond donors (Lipinski definition) is 2. The van der Waals surface area contributed by atoms with E-state index in [2.05, 4.69) is 22.0 Å². The van der Waals surface area contributed by atoms with Gasteiger partial charge >= 0.3 is 18.0 Å². The van der Waals surface area contributed by atoms with Crippen LogP contribution in [0.15, 0.2) is 22.4 Å². The number of nitrogens with one attached hydrogen (secondary N) is 1. The fourth-order valence-electron chi connectivity index (χ4n) is 1.51. The van der Waals surface area contributed by atoms with Crippen LogP contribution in [0.3, 0.4) is 0 Å². The average molecular weight is 399 g/mol. The van der Waals surface area contributed by atoms with E-state index in [0.717, 1.165) is 0 Å². The van der Waals surface area contributed by atoms with Crippen LogP contribution in [-0.4, -0.2) is 52.0 Å². The van der Waals surface area contributed by atoms with Crippen LogP contribution in [0.5, 0.6) is 0 Å². The zero-order chi connectivity index (χ0) is 22.3. The number of rotatable bonds is 6. The van der Waals surface area contributed by atoms with Gasteiger partial charge in [0, 0.05) is 0 Å². The van der Waals surface area contributed by atoms with Gasteiger partial charge in [0.25, 0.3) is 0 Å². The Morgan fingerprint density at radius 3 is 1.96 bits per heavy atom. The minimum atomic E-state index is -1.48. The van der Waals surface area contributed by atoms with Crippen molar-refractivity contribution < 1.29 is 33.8 Å². The Balaban J connectivity index is 5.14. The number of aliphatic carboxylic acids is 1. The summed E-state index contributed by atoms with van der Waals surface area (Å²) in [5.74, 6) is -2.15. The third kappa shape index (κ3) is 10.9. The summed E-state index contributed by atoms with van der Waals surface area (Å²) in [6.45, 7) is 16.4. The Bertz CT molecular complexity index is 682. The monoisotopic (exact) mass is 399 g/mol. The van der Waals surface area contributed by atoms with Crippen molar-refractivity contribution in [1.82, 2.24) is 5.32 Å². The first-order valence-electron chi connectivity index (χ1n) is 8.46. The number of carbonyl (C=O) groups is 3. The molecule has 0 spiro atoms. The number of nitrogens with zero attached hydrogens (tertiary/aromatic N) is 2. The molecule has 2 N–H and O–H groups in total. The number of ether oxygens (including phenoxy) is 2. The lowest BCUT2D eigenvalue weighted by atomic mass is 10.2. The van der Waals surface area contributed by atoms with Crippen LogP contribution < -0.4 is 5.32 Å². The molecule has 0 saturated carbocycles. The molecule has 1 amide bonds. The number of carbonyl (C=O) groups excluding carboxylic acids is 2. The zero-order valence-corrected chi connectivity index (χ0v) is 17.6. The van der Waals surface area contributed by atoms with Crippen molar-refractivity contribution in [2.45, 2.75) is 72.7 Å². The summed E-state index contributed by atoms with van der Waals surface area (Å²) in [5, 5.41) is 15.0. The molecule has 0 bridgehead atoms. The van der Waals surface area contributed by atoms with Crippen molar-refractivity contribution >= 4 is 29.6 Å². The highest BCUT2D eigenvalue weighted by Crippen LogP contribution is 2.11. The summed E-state index contributed by atoms with van der Waals surface area (Å²) >= 11 is 0. The molecule has 28 heavy (non-hydrogen) atoms. The standard InChI is InChI=1S/C18H29N3O7/c1-10(19-12(3)20-16(25)27-18(7,8)9)13(14(22)23)21-28-11(2)15(24)26-17(4,5)6/h11H,1H2,2-9H3,(H,22,23)(H,19,20,25)/b21-13-. The molecular weight excluding hydrogens is 370 g/mol. The Hall–Kier alpha value is -2.91. The van der Waals surface area contributed by atoms with E-state index in [0.29, 0.717) is 0 Å². The van der Waals surface area contributed by atoms with Gasteiger partial charge in [-0.25, -0.2) is 19.4 Å². The molecule has 0 radical (unpaired) electrons. The highest BCUT2D eigenvalue weighted by molar-refractivity contribution is 6.42. The van der Waals surface area contributed by atoms with Gasteiger partial charge in [0.2, 0.25) is 11.8 Å². The summed E-state index contributed by atoms with van der Waals surface area (Å²) in [7, 11) is 0. The predicted molar refractivity (Wildman–Crippen MR) is 103 cm³/mol. The Morgan fingerprint density at radius 2 is 1.54 bits per heavy atom. The van der Waals surface area contributed by atoms with Crippen LogP contribution in [0.25, 0.3) is 0 Å². The fourth-order valence-corrected chi connectivity index (χ4v) is 1.51. The number of carboxylic acid groups (broad SMARTS) is 1. The molecule has 1 unspecified atom stereocenters. The summed E-state index contributed by atoms with van der Waals surface area (Å²) in [6.07, 6.45) is -1.91. The van der Waals surface area contributed by atoms with Gasteiger partial charge in [-0.3, -0.25) is 5.32 Å². The van der Waals surface area contributed by atoms with Gasteiger partial charge in [-0.05, 0) is 55.4 Å². The fraction of sp³-hybridized carbons (Fsp3) is 0.611. The first kappa shape index (κ1) is 25.1. The van der Waals surface area contributed by atoms with E-state index in [9.17, 15) is 19.5 Å². The second-order valence-electron chi connectivity index (χ2n) is 7.80. The van der Waals surface area contributed by atoms with Crippen molar-refractivity contribution in [2.24, 2.45) is 10.1 Å². The molecule has 0 aromatic carbocycles. The third-order valence-corrected chi connectivity index (χ3v) is 2.50. The number of amidine groups is 1. The lowest BCUT2D eigenvalue weighted by molar-refractivity contribution is -0.167. The molecule has 0 aromatic rings. The van der Waals surface area contributed by atoms with E-state index >= 15 is 0 Å². The van der Waals surface area contributed by atoms with E-state index in [1.54, 1.807) is 41.5 Å². The van der Waals surface area contributed by atoms with Gasteiger partial charge in [-0.15, -0.1) is 0 Å². The molecule has 1 atom stereocenters. The van der Waals surface area contributed by atoms with Gasteiger partial charge < -0.3 is 19.4 Å². The molecule has 0 saturated heterocycles. The minimum absolute atomic E-state index is 0.0355. The van der Waals surface area contributed by atoms with Crippen molar-refractivity contribution in [3.05, 3.63) is 12.3 Å². The van der Waals surface area contributed by atoms with Gasteiger partial charge in [-0.1, -0.05) is 11.7 Å². The number of alkyl carbamates (subject to hydrolysis) is 1. The van der Waals surface area contributed by atoms with Gasteiger partial charge in [0.15, 0.2) is 0 Å². The van der Waals surface area contributed by atoms with Crippen LogP contribution in [0.1, 0.15) is 55.4 Å². The topological polar surface area (TPSA) is 136 Å². The van der Waals surface area contributed by atoms with E-state index < -0.39 is 41.0 Å². The van der Waals surface area contributed by atoms with Gasteiger partial charge in [0.05, 0.1) is 5.70 Å². The van der Waals surface area contributed by atoms with Gasteiger partial charge in [-0.2, -0.15) is 0 Å². The maximum atomic E-state index is 11.8. The molecule has 158 valence electrons. The van der Waals surface area contributed by atoms with E-state index in [-0.39, 0.29) is 11.5 Å². The quantitative estimate of drug-likeness (QED) is 0.303. The van der Waals surface area contributed by atoms with E-state index in [1.165, 1.54) is 13.8 Å². The normalized spacial score (nSPS) is 14.0.